The molecule has 1 atom stereocenters. The zero-order chi connectivity index (χ0) is 15.3. The van der Waals surface area contributed by atoms with Crippen LogP contribution in [0.1, 0.15) is 58.6 Å². The van der Waals surface area contributed by atoms with Crippen LogP contribution in [0.25, 0.3) is 0 Å². The lowest BCUT2D eigenvalue weighted by molar-refractivity contribution is 0.174. The van der Waals surface area contributed by atoms with Crippen molar-refractivity contribution in [1.29, 1.82) is 0 Å². The van der Waals surface area contributed by atoms with E-state index in [0.29, 0.717) is 18.6 Å². The summed E-state index contributed by atoms with van der Waals surface area (Å²) in [7, 11) is 0. The molecule has 0 aliphatic rings. The van der Waals surface area contributed by atoms with Crippen LogP contribution in [-0.2, 0) is 0 Å². The van der Waals surface area contributed by atoms with Crippen LogP contribution in [0.3, 0.4) is 0 Å². The van der Waals surface area contributed by atoms with Crippen molar-refractivity contribution in [3.8, 4) is 5.75 Å². The van der Waals surface area contributed by atoms with Crippen LogP contribution in [0.5, 0.6) is 5.75 Å². The predicted octanol–water partition coefficient (Wildman–Crippen LogP) is 4.52. The molecule has 0 amide bonds. The third-order valence-corrected chi connectivity index (χ3v) is 3.69. The molecule has 2 heteroatoms. The number of ether oxygens (including phenoxy) is 1. The summed E-state index contributed by atoms with van der Waals surface area (Å²) in [6.07, 6.45) is 0. The van der Waals surface area contributed by atoms with Gasteiger partial charge in [-0.15, -0.1) is 0 Å². The Bertz CT molecular complexity index is 418. The van der Waals surface area contributed by atoms with Gasteiger partial charge in [-0.3, -0.25) is 0 Å². The standard InChI is InChI=1S/C18H31NO/c1-8-19-17(18(5,6)7)12-20-16-11-14(4)9-10-15(16)13(2)3/h9-11,13,17,19H,8,12H2,1-7H3. The van der Waals surface area contributed by atoms with Gasteiger partial charge in [0.05, 0.1) is 0 Å². The van der Waals surface area contributed by atoms with Gasteiger partial charge >= 0.3 is 0 Å². The molecule has 0 saturated heterocycles. The first-order valence-corrected chi connectivity index (χ1v) is 7.72. The zero-order valence-electron chi connectivity index (χ0n) is 14.2. The molecule has 20 heavy (non-hydrogen) atoms. The van der Waals surface area contributed by atoms with Crippen molar-refractivity contribution in [2.45, 2.75) is 60.4 Å². The van der Waals surface area contributed by atoms with Gasteiger partial charge in [-0.25, -0.2) is 0 Å². The lowest BCUT2D eigenvalue weighted by Crippen LogP contribution is -2.44. The maximum atomic E-state index is 6.16. The van der Waals surface area contributed by atoms with E-state index in [-0.39, 0.29) is 5.41 Å². The smallest absolute Gasteiger partial charge is 0.123 e. The molecule has 1 N–H and O–H groups in total. The Kier molecular flexibility index (Phi) is 6.07. The van der Waals surface area contributed by atoms with Crippen molar-refractivity contribution in [3.63, 3.8) is 0 Å². The first-order valence-electron chi connectivity index (χ1n) is 7.72. The minimum Gasteiger partial charge on any atom is -0.492 e. The van der Waals surface area contributed by atoms with Crippen LogP contribution in [0, 0.1) is 12.3 Å². The SMILES string of the molecule is CCNC(COc1cc(C)ccc1C(C)C)C(C)(C)C. The molecule has 0 radical (unpaired) electrons. The highest BCUT2D eigenvalue weighted by molar-refractivity contribution is 5.39. The van der Waals surface area contributed by atoms with Crippen LogP contribution in [0.2, 0.25) is 0 Å². The Morgan fingerprint density at radius 2 is 1.85 bits per heavy atom. The Balaban J connectivity index is 2.84. The summed E-state index contributed by atoms with van der Waals surface area (Å²) >= 11 is 0. The number of rotatable bonds is 6. The van der Waals surface area contributed by atoms with E-state index < -0.39 is 0 Å². The molecular weight excluding hydrogens is 246 g/mol. The summed E-state index contributed by atoms with van der Waals surface area (Å²) in [5.41, 5.74) is 2.73. The minimum atomic E-state index is 0.192. The van der Waals surface area contributed by atoms with Gasteiger partial charge in [-0.2, -0.15) is 0 Å². The van der Waals surface area contributed by atoms with Crippen molar-refractivity contribution >= 4 is 0 Å². The molecular formula is C18H31NO. The fraction of sp³-hybridized carbons (Fsp3) is 0.667. The maximum Gasteiger partial charge on any atom is 0.123 e. The van der Waals surface area contributed by atoms with Crippen LogP contribution < -0.4 is 10.1 Å². The molecule has 0 fully saturated rings. The van der Waals surface area contributed by atoms with Crippen LogP contribution >= 0.6 is 0 Å². The number of nitrogens with one attached hydrogen (secondary N) is 1. The summed E-state index contributed by atoms with van der Waals surface area (Å²) in [6.45, 7) is 17.1. The summed E-state index contributed by atoms with van der Waals surface area (Å²) in [5, 5.41) is 3.53. The summed E-state index contributed by atoms with van der Waals surface area (Å²) in [6, 6.07) is 6.86. The Morgan fingerprint density at radius 1 is 1.20 bits per heavy atom. The Labute approximate surface area is 124 Å². The van der Waals surface area contributed by atoms with Gasteiger partial charge in [-0.05, 0) is 42.0 Å². The first kappa shape index (κ1) is 17.0. The highest BCUT2D eigenvalue weighted by Gasteiger charge is 2.24. The van der Waals surface area contributed by atoms with Gasteiger partial charge in [0.2, 0.25) is 0 Å². The van der Waals surface area contributed by atoms with Crippen molar-refractivity contribution in [2.75, 3.05) is 13.2 Å². The topological polar surface area (TPSA) is 21.3 Å². The molecule has 1 rings (SSSR count). The van der Waals surface area contributed by atoms with E-state index in [1.807, 2.05) is 0 Å². The molecule has 1 unspecified atom stereocenters. The van der Waals surface area contributed by atoms with Crippen molar-refractivity contribution in [3.05, 3.63) is 29.3 Å². The second-order valence-electron chi connectivity index (χ2n) is 6.98. The highest BCUT2D eigenvalue weighted by Crippen LogP contribution is 2.28. The lowest BCUT2D eigenvalue weighted by Gasteiger charge is -2.31. The van der Waals surface area contributed by atoms with E-state index in [9.17, 15) is 0 Å². The Hall–Kier alpha value is -1.02. The van der Waals surface area contributed by atoms with Crippen LogP contribution in [-0.4, -0.2) is 19.2 Å². The zero-order valence-corrected chi connectivity index (χ0v) is 14.2. The minimum absolute atomic E-state index is 0.192. The van der Waals surface area contributed by atoms with E-state index >= 15 is 0 Å². The van der Waals surface area contributed by atoms with E-state index in [1.165, 1.54) is 11.1 Å². The number of likely N-dealkylation sites (N-methyl/N-ethyl adjacent to an activating group) is 1. The van der Waals surface area contributed by atoms with Gasteiger partial charge in [-0.1, -0.05) is 53.7 Å². The quantitative estimate of drug-likeness (QED) is 0.825. The number of benzene rings is 1. The summed E-state index contributed by atoms with van der Waals surface area (Å²) in [5.74, 6) is 1.52. The molecule has 0 spiro atoms. The van der Waals surface area contributed by atoms with Crippen molar-refractivity contribution < 1.29 is 4.74 Å². The first-order chi connectivity index (χ1) is 9.25. The van der Waals surface area contributed by atoms with Crippen LogP contribution in [0.15, 0.2) is 18.2 Å². The van der Waals surface area contributed by atoms with E-state index in [1.54, 1.807) is 0 Å². The number of hydrogen-bond acceptors (Lipinski definition) is 2. The van der Waals surface area contributed by atoms with Gasteiger partial charge in [0.1, 0.15) is 12.4 Å². The fourth-order valence-electron chi connectivity index (χ4n) is 2.28. The fourth-order valence-corrected chi connectivity index (χ4v) is 2.28. The van der Waals surface area contributed by atoms with Gasteiger partial charge in [0.15, 0.2) is 0 Å². The molecule has 0 heterocycles. The van der Waals surface area contributed by atoms with Gasteiger partial charge < -0.3 is 10.1 Å². The average molecular weight is 277 g/mol. The van der Waals surface area contributed by atoms with Gasteiger partial charge in [0.25, 0.3) is 0 Å². The number of aryl methyl sites for hydroxylation is 1. The van der Waals surface area contributed by atoms with Gasteiger partial charge in [0, 0.05) is 6.04 Å². The predicted molar refractivity (Wildman–Crippen MR) is 87.7 cm³/mol. The molecule has 1 aromatic rings. The molecule has 0 bridgehead atoms. The molecule has 0 saturated carbocycles. The summed E-state index contributed by atoms with van der Waals surface area (Å²) in [4.78, 5) is 0. The molecule has 2 nitrogen and oxygen atoms in total. The summed E-state index contributed by atoms with van der Waals surface area (Å²) < 4.78 is 6.16. The second-order valence-corrected chi connectivity index (χ2v) is 6.98. The average Bonchev–Trinajstić information content (AvgIpc) is 2.32. The monoisotopic (exact) mass is 277 g/mol. The molecule has 114 valence electrons. The van der Waals surface area contributed by atoms with Crippen molar-refractivity contribution in [1.82, 2.24) is 5.32 Å². The molecule has 0 aliphatic carbocycles. The van der Waals surface area contributed by atoms with Crippen LogP contribution in [0.4, 0.5) is 0 Å². The third-order valence-electron chi connectivity index (χ3n) is 3.69. The third kappa shape index (κ3) is 4.82. The Morgan fingerprint density at radius 3 is 2.35 bits per heavy atom. The normalized spacial score (nSPS) is 13.6. The van der Waals surface area contributed by atoms with Crippen molar-refractivity contribution in [2.24, 2.45) is 5.41 Å². The maximum absolute atomic E-state index is 6.16. The van der Waals surface area contributed by atoms with E-state index in [2.05, 4.69) is 72.0 Å². The van der Waals surface area contributed by atoms with E-state index in [0.717, 1.165) is 12.3 Å². The molecule has 0 aromatic heterocycles. The molecule has 0 aliphatic heterocycles. The molecule has 1 aromatic carbocycles. The highest BCUT2D eigenvalue weighted by atomic mass is 16.5. The lowest BCUT2D eigenvalue weighted by atomic mass is 9.87. The van der Waals surface area contributed by atoms with E-state index in [4.69, 9.17) is 4.74 Å². The second kappa shape index (κ2) is 7.12. The largest absolute Gasteiger partial charge is 0.492 e. The number of hydrogen-bond donors (Lipinski definition) is 1.